The van der Waals surface area contributed by atoms with Crippen LogP contribution >= 0.6 is 0 Å². The Labute approximate surface area is 191 Å². The molecule has 0 aromatic heterocycles. The predicted octanol–water partition coefficient (Wildman–Crippen LogP) is 5.46. The van der Waals surface area contributed by atoms with Crippen LogP contribution in [0.25, 0.3) is 0 Å². The Kier molecular flexibility index (Phi) is 8.11. The third-order valence-electron chi connectivity index (χ3n) is 5.53. The normalized spacial score (nSPS) is 13.2. The zero-order valence-corrected chi connectivity index (χ0v) is 18.5. The molecule has 2 N–H and O–H groups in total. The Morgan fingerprint density at radius 1 is 0.909 bits per heavy atom. The van der Waals surface area contributed by atoms with Crippen molar-refractivity contribution in [3.8, 4) is 5.75 Å². The molecule has 0 fully saturated rings. The van der Waals surface area contributed by atoms with E-state index in [1.807, 2.05) is 54.6 Å². The fraction of sp³-hybridized carbons (Fsp3) is 0.269. The van der Waals surface area contributed by atoms with Gasteiger partial charge in [0.1, 0.15) is 11.8 Å². The van der Waals surface area contributed by atoms with Crippen molar-refractivity contribution in [3.05, 3.63) is 101 Å². The number of nitrogens with one attached hydrogen (secondary N) is 2. The average molecular weight is 457 g/mol. The number of hydrogen-bond donors (Lipinski definition) is 2. The topological polar surface area (TPSA) is 50.4 Å². The van der Waals surface area contributed by atoms with Crippen molar-refractivity contribution < 1.29 is 22.7 Å². The number of rotatable bonds is 9. The van der Waals surface area contributed by atoms with E-state index < -0.39 is 17.8 Å². The molecule has 0 heterocycles. The van der Waals surface area contributed by atoms with E-state index in [4.69, 9.17) is 4.74 Å². The van der Waals surface area contributed by atoms with E-state index in [0.29, 0.717) is 18.4 Å². The molecule has 0 unspecified atom stereocenters. The smallest absolute Gasteiger partial charge is 0.416 e. The predicted molar refractivity (Wildman–Crippen MR) is 122 cm³/mol. The molecular formula is C26H27F3N2O2. The minimum Gasteiger partial charge on any atom is -0.497 e. The number of hydrogen-bond acceptors (Lipinski definition) is 3. The molecular weight excluding hydrogens is 429 g/mol. The number of amides is 1. The lowest BCUT2D eigenvalue weighted by Crippen LogP contribution is -2.38. The van der Waals surface area contributed by atoms with Crippen LogP contribution in [0.4, 0.5) is 13.2 Å². The number of carbonyl (C=O) groups excluding carboxylic acids is 1. The van der Waals surface area contributed by atoms with Gasteiger partial charge in [-0.2, -0.15) is 13.2 Å². The van der Waals surface area contributed by atoms with Gasteiger partial charge in [0, 0.05) is 13.1 Å². The summed E-state index contributed by atoms with van der Waals surface area (Å²) in [5.74, 6) is 0.530. The van der Waals surface area contributed by atoms with Gasteiger partial charge in [-0.3, -0.25) is 10.1 Å². The molecule has 2 atom stereocenters. The number of benzene rings is 3. The van der Waals surface area contributed by atoms with E-state index in [0.717, 1.165) is 29.0 Å². The van der Waals surface area contributed by atoms with Gasteiger partial charge in [0.05, 0.1) is 12.7 Å². The molecule has 4 nitrogen and oxygen atoms in total. The molecule has 3 rings (SSSR count). The van der Waals surface area contributed by atoms with E-state index in [9.17, 15) is 18.0 Å². The number of halogens is 3. The SMILES string of the molecule is CNC(=O)[C@@H](N[C@H](CCc1ccc(OC)cc1)c1ccc(C(F)(F)F)cc1)c1ccccc1. The molecule has 0 aliphatic heterocycles. The molecule has 0 saturated carbocycles. The molecule has 0 radical (unpaired) electrons. The first-order chi connectivity index (χ1) is 15.8. The van der Waals surface area contributed by atoms with E-state index in [-0.39, 0.29) is 11.9 Å². The highest BCUT2D eigenvalue weighted by Crippen LogP contribution is 2.31. The fourth-order valence-corrected chi connectivity index (χ4v) is 3.67. The van der Waals surface area contributed by atoms with Crippen molar-refractivity contribution >= 4 is 5.91 Å². The Morgan fingerprint density at radius 3 is 2.09 bits per heavy atom. The maximum Gasteiger partial charge on any atom is 0.416 e. The van der Waals surface area contributed by atoms with Crippen molar-refractivity contribution in [2.45, 2.75) is 31.1 Å². The van der Waals surface area contributed by atoms with Gasteiger partial charge in [-0.05, 0) is 53.8 Å². The number of aryl methyl sites for hydroxylation is 1. The maximum absolute atomic E-state index is 13.1. The summed E-state index contributed by atoms with van der Waals surface area (Å²) in [5, 5.41) is 6.04. The van der Waals surface area contributed by atoms with Crippen LogP contribution in [-0.4, -0.2) is 20.1 Å². The van der Waals surface area contributed by atoms with Gasteiger partial charge >= 0.3 is 6.18 Å². The van der Waals surface area contributed by atoms with Crippen LogP contribution in [0.3, 0.4) is 0 Å². The highest BCUT2D eigenvalue weighted by Gasteiger charge is 2.31. The molecule has 33 heavy (non-hydrogen) atoms. The zero-order chi connectivity index (χ0) is 23.8. The molecule has 0 saturated heterocycles. The second-order valence-corrected chi connectivity index (χ2v) is 7.68. The zero-order valence-electron chi connectivity index (χ0n) is 18.5. The lowest BCUT2D eigenvalue weighted by atomic mass is 9.95. The fourth-order valence-electron chi connectivity index (χ4n) is 3.67. The van der Waals surface area contributed by atoms with E-state index in [1.54, 1.807) is 14.2 Å². The minimum atomic E-state index is -4.40. The maximum atomic E-state index is 13.1. The van der Waals surface area contributed by atoms with Crippen LogP contribution in [0.1, 0.15) is 40.8 Å². The van der Waals surface area contributed by atoms with E-state index in [1.165, 1.54) is 12.1 Å². The summed E-state index contributed by atoms with van der Waals surface area (Å²) in [6.07, 6.45) is -3.16. The summed E-state index contributed by atoms with van der Waals surface area (Å²) in [7, 11) is 3.16. The summed E-state index contributed by atoms with van der Waals surface area (Å²) in [6.45, 7) is 0. The Morgan fingerprint density at radius 2 is 1.55 bits per heavy atom. The van der Waals surface area contributed by atoms with Crippen LogP contribution in [0.5, 0.6) is 5.75 Å². The molecule has 0 bridgehead atoms. The van der Waals surface area contributed by atoms with Gasteiger partial charge in [-0.1, -0.05) is 54.6 Å². The van der Waals surface area contributed by atoms with Gasteiger partial charge in [-0.15, -0.1) is 0 Å². The van der Waals surface area contributed by atoms with E-state index in [2.05, 4.69) is 10.6 Å². The summed E-state index contributed by atoms with van der Waals surface area (Å²) in [6, 6.07) is 21.0. The van der Waals surface area contributed by atoms with Crippen LogP contribution < -0.4 is 15.4 Å². The van der Waals surface area contributed by atoms with Gasteiger partial charge in [0.15, 0.2) is 0 Å². The van der Waals surface area contributed by atoms with Gasteiger partial charge in [-0.25, -0.2) is 0 Å². The largest absolute Gasteiger partial charge is 0.497 e. The first-order valence-corrected chi connectivity index (χ1v) is 10.6. The first-order valence-electron chi connectivity index (χ1n) is 10.6. The van der Waals surface area contributed by atoms with Crippen molar-refractivity contribution in [3.63, 3.8) is 0 Å². The van der Waals surface area contributed by atoms with Gasteiger partial charge in [0.25, 0.3) is 0 Å². The molecule has 1 amide bonds. The van der Waals surface area contributed by atoms with Crippen molar-refractivity contribution in [1.82, 2.24) is 10.6 Å². The monoisotopic (exact) mass is 456 g/mol. The van der Waals surface area contributed by atoms with E-state index >= 15 is 0 Å². The van der Waals surface area contributed by atoms with Crippen LogP contribution in [0.2, 0.25) is 0 Å². The first kappa shape index (κ1) is 24.3. The summed E-state index contributed by atoms with van der Waals surface area (Å²) < 4.78 is 44.4. The summed E-state index contributed by atoms with van der Waals surface area (Å²) in [5.41, 5.74) is 1.82. The van der Waals surface area contributed by atoms with Crippen molar-refractivity contribution in [2.75, 3.05) is 14.2 Å². The molecule has 0 aliphatic carbocycles. The molecule has 0 spiro atoms. The molecule has 3 aromatic carbocycles. The Bertz CT molecular complexity index is 1020. The number of alkyl halides is 3. The Hall–Kier alpha value is -3.32. The minimum absolute atomic E-state index is 0.220. The number of methoxy groups -OCH3 is 1. The molecule has 174 valence electrons. The second-order valence-electron chi connectivity index (χ2n) is 7.68. The third-order valence-corrected chi connectivity index (χ3v) is 5.53. The Balaban J connectivity index is 1.88. The number of ether oxygens (including phenoxy) is 1. The van der Waals surface area contributed by atoms with Gasteiger partial charge in [0.2, 0.25) is 5.91 Å². The highest BCUT2D eigenvalue weighted by molar-refractivity contribution is 5.83. The van der Waals surface area contributed by atoms with Crippen LogP contribution in [-0.2, 0) is 17.4 Å². The number of carbonyl (C=O) groups is 1. The standard InChI is InChI=1S/C26H27F3N2O2/c1-30-25(32)24(20-6-4-3-5-7-20)31-23(17-10-18-8-15-22(33-2)16-9-18)19-11-13-21(14-12-19)26(27,28)29/h3-9,11-16,23-24,31H,10,17H2,1-2H3,(H,30,32)/t23-,24+/m1/s1. The molecule has 3 aromatic rings. The lowest BCUT2D eigenvalue weighted by molar-refractivity contribution is -0.137. The third kappa shape index (κ3) is 6.58. The summed E-state index contributed by atoms with van der Waals surface area (Å²) >= 11 is 0. The quantitative estimate of drug-likeness (QED) is 0.449. The van der Waals surface area contributed by atoms with Crippen LogP contribution in [0, 0.1) is 0 Å². The molecule has 0 aliphatic rings. The van der Waals surface area contributed by atoms with Crippen molar-refractivity contribution in [2.24, 2.45) is 0 Å². The lowest BCUT2D eigenvalue weighted by Gasteiger charge is -2.26. The molecule has 7 heteroatoms. The summed E-state index contributed by atoms with van der Waals surface area (Å²) in [4.78, 5) is 12.7. The van der Waals surface area contributed by atoms with Gasteiger partial charge < -0.3 is 10.1 Å². The second kappa shape index (κ2) is 11.0. The van der Waals surface area contributed by atoms with Crippen LogP contribution in [0.15, 0.2) is 78.9 Å². The average Bonchev–Trinajstić information content (AvgIpc) is 2.84. The van der Waals surface area contributed by atoms with Crippen molar-refractivity contribution in [1.29, 1.82) is 0 Å². The highest BCUT2D eigenvalue weighted by atomic mass is 19.4. The number of likely N-dealkylation sites (N-methyl/N-ethyl adjacent to an activating group) is 1.